The van der Waals surface area contributed by atoms with E-state index < -0.39 is 17.1 Å². The van der Waals surface area contributed by atoms with Gasteiger partial charge in [-0.2, -0.15) is 4.68 Å². The van der Waals surface area contributed by atoms with Crippen LogP contribution in [0.5, 0.6) is 0 Å². The molecule has 1 aromatic carbocycles. The number of hydrogen-bond donors (Lipinski definition) is 2. The molecule has 0 bridgehead atoms. The minimum absolute atomic E-state index is 0. The summed E-state index contributed by atoms with van der Waals surface area (Å²) in [6.07, 6.45) is 1.69. The summed E-state index contributed by atoms with van der Waals surface area (Å²) >= 11 is 0. The molecule has 0 radical (unpaired) electrons. The molecule has 0 spiro atoms. The number of hydrogen-bond acceptors (Lipinski definition) is 5. The third-order valence-corrected chi connectivity index (χ3v) is 6.70. The van der Waals surface area contributed by atoms with Crippen molar-refractivity contribution in [3.05, 3.63) is 38.3 Å². The van der Waals surface area contributed by atoms with Crippen LogP contribution >= 0.6 is 12.4 Å². The Balaban J connectivity index is 0.00000240. The molecule has 1 aliphatic heterocycles. The maximum Gasteiger partial charge on any atom is 0.350 e. The van der Waals surface area contributed by atoms with Crippen LogP contribution in [-0.2, 0) is 0 Å². The van der Waals surface area contributed by atoms with Crippen LogP contribution in [0.15, 0.2) is 15.7 Å². The molecule has 160 valence electrons. The van der Waals surface area contributed by atoms with Crippen molar-refractivity contribution in [1.29, 1.82) is 0 Å². The van der Waals surface area contributed by atoms with E-state index in [2.05, 4.69) is 20.8 Å². The highest BCUT2D eigenvalue weighted by Crippen LogP contribution is 2.41. The van der Waals surface area contributed by atoms with E-state index in [4.69, 9.17) is 11.6 Å². The molecule has 4 rings (SSSR count). The molecule has 2 heterocycles. The van der Waals surface area contributed by atoms with Crippen molar-refractivity contribution in [1.82, 2.24) is 9.24 Å². The lowest BCUT2D eigenvalue weighted by atomic mass is 9.72. The molecule has 2 atom stereocenters. The molecule has 9 heteroatoms. The van der Waals surface area contributed by atoms with E-state index in [0.29, 0.717) is 40.5 Å². The molecule has 1 saturated heterocycles. The highest BCUT2D eigenvalue weighted by Gasteiger charge is 2.39. The van der Waals surface area contributed by atoms with Gasteiger partial charge in [-0.25, -0.2) is 9.18 Å². The predicted molar refractivity (Wildman–Crippen MR) is 116 cm³/mol. The Kier molecular flexibility index (Phi) is 5.24. The summed E-state index contributed by atoms with van der Waals surface area (Å²) in [7, 11) is 0. The summed E-state index contributed by atoms with van der Waals surface area (Å²) in [5.41, 5.74) is 6.54. The molecule has 7 nitrogen and oxygen atoms in total. The first-order valence-corrected chi connectivity index (χ1v) is 9.80. The first-order chi connectivity index (χ1) is 13.0. The largest absolute Gasteiger partial charge is 0.367 e. The van der Waals surface area contributed by atoms with E-state index in [1.165, 1.54) is 6.07 Å². The fraction of sp³-hybridized carbons (Fsp3) is 0.600. The smallest absolute Gasteiger partial charge is 0.350 e. The zero-order valence-electron chi connectivity index (χ0n) is 17.2. The normalized spacial score (nSPS) is 23.9. The molecule has 2 aromatic rings. The number of nitrogens with two attached hydrogens (primary N) is 2. The number of nitrogen functional groups attached to an aromatic ring is 1. The lowest BCUT2D eigenvalue weighted by Gasteiger charge is -2.47. The summed E-state index contributed by atoms with van der Waals surface area (Å²) in [6.45, 7) is 9.33. The Morgan fingerprint density at radius 1 is 1.24 bits per heavy atom. The molecule has 29 heavy (non-hydrogen) atoms. The Morgan fingerprint density at radius 2 is 1.86 bits per heavy atom. The maximum absolute atomic E-state index is 15.2. The van der Waals surface area contributed by atoms with Gasteiger partial charge in [0.05, 0.1) is 16.6 Å². The highest BCUT2D eigenvalue weighted by atomic mass is 35.5. The minimum atomic E-state index is -0.672. The Morgan fingerprint density at radius 3 is 2.41 bits per heavy atom. The highest BCUT2D eigenvalue weighted by molar-refractivity contribution is 5.87. The monoisotopic (exact) mass is 425 g/mol. The molecule has 1 saturated carbocycles. The molecule has 1 aliphatic carbocycles. The lowest BCUT2D eigenvalue weighted by molar-refractivity contribution is 0.168. The summed E-state index contributed by atoms with van der Waals surface area (Å²) in [5.74, 6) is 5.49. The van der Waals surface area contributed by atoms with E-state index >= 15 is 4.39 Å². The summed E-state index contributed by atoms with van der Waals surface area (Å²) in [6, 6.07) is 1.13. The first-order valence-electron chi connectivity index (χ1n) is 9.80. The van der Waals surface area contributed by atoms with Gasteiger partial charge in [0, 0.05) is 30.7 Å². The van der Waals surface area contributed by atoms with Crippen LogP contribution in [0.2, 0.25) is 0 Å². The van der Waals surface area contributed by atoms with Crippen LogP contribution < -0.4 is 27.7 Å². The van der Waals surface area contributed by atoms with Gasteiger partial charge in [-0.3, -0.25) is 9.36 Å². The second-order valence-corrected chi connectivity index (χ2v) is 9.11. The Hall–Kier alpha value is -2.06. The average Bonchev–Trinajstić information content (AvgIpc) is 3.43. The number of nitrogens with zero attached hydrogens (tertiary/aromatic N) is 3. The van der Waals surface area contributed by atoms with Crippen LogP contribution in [0.1, 0.15) is 45.2 Å². The molecule has 0 unspecified atom stereocenters. The molecule has 4 N–H and O–H groups in total. The SMILES string of the molecule is Cc1c(N2C[C@@H](N)[C@H](C)C(C)(C)C2)c(F)cc2c(=O)n(N)c(=O)n(C3CC3)c12.Cl. The van der Waals surface area contributed by atoms with Gasteiger partial charge in [-0.05, 0) is 37.2 Å². The summed E-state index contributed by atoms with van der Waals surface area (Å²) < 4.78 is 17.4. The summed E-state index contributed by atoms with van der Waals surface area (Å²) in [5, 5.41) is 0.140. The number of benzene rings is 1. The molecule has 2 aliphatic rings. The molecule has 1 aromatic heterocycles. The fourth-order valence-electron chi connectivity index (χ4n) is 4.58. The third kappa shape index (κ3) is 3.22. The van der Waals surface area contributed by atoms with Crippen LogP contribution in [0, 0.1) is 24.1 Å². The number of halogens is 2. The molecule has 2 fully saturated rings. The van der Waals surface area contributed by atoms with Crippen molar-refractivity contribution in [3.63, 3.8) is 0 Å². The van der Waals surface area contributed by atoms with Gasteiger partial charge in [0.1, 0.15) is 5.82 Å². The second kappa shape index (κ2) is 7.02. The predicted octanol–water partition coefficient (Wildman–Crippen LogP) is 1.89. The van der Waals surface area contributed by atoms with Crippen molar-refractivity contribution in [3.8, 4) is 0 Å². The summed E-state index contributed by atoms with van der Waals surface area (Å²) in [4.78, 5) is 27.2. The van der Waals surface area contributed by atoms with Crippen molar-refractivity contribution < 1.29 is 4.39 Å². The molecule has 0 amide bonds. The van der Waals surface area contributed by atoms with Gasteiger partial charge in [0.2, 0.25) is 0 Å². The number of fused-ring (bicyclic) bond motifs is 1. The number of aromatic nitrogens is 2. The topological polar surface area (TPSA) is 99.3 Å². The third-order valence-electron chi connectivity index (χ3n) is 6.70. The van der Waals surface area contributed by atoms with Crippen LogP contribution in [0.3, 0.4) is 0 Å². The van der Waals surface area contributed by atoms with E-state index in [-0.39, 0.29) is 35.3 Å². The standard InChI is InChI=1S/C20H28FN5O2.ClH/c1-10-16-13(18(27)26(23)19(28)25(16)12-5-6-12)7-14(21)17(10)24-8-15(22)11(2)20(3,4)9-24;/h7,11-12,15H,5-6,8-9,22-23H2,1-4H3;1H/t11-,15+;/m0./s1. The average molecular weight is 426 g/mol. The Bertz CT molecular complexity index is 1090. The van der Waals surface area contributed by atoms with Gasteiger partial charge in [-0.1, -0.05) is 20.8 Å². The van der Waals surface area contributed by atoms with Gasteiger partial charge in [0.15, 0.2) is 0 Å². The van der Waals surface area contributed by atoms with Crippen LogP contribution in [-0.4, -0.2) is 28.4 Å². The number of aryl methyl sites for hydroxylation is 1. The van der Waals surface area contributed by atoms with Gasteiger partial charge in [-0.15, -0.1) is 12.4 Å². The number of piperidine rings is 1. The first kappa shape index (κ1) is 21.6. The lowest BCUT2D eigenvalue weighted by Crippen LogP contribution is -2.56. The fourth-order valence-corrected chi connectivity index (χ4v) is 4.58. The van der Waals surface area contributed by atoms with Crippen molar-refractivity contribution >= 4 is 29.0 Å². The number of rotatable bonds is 2. The van der Waals surface area contributed by atoms with E-state index in [1.807, 2.05) is 4.90 Å². The van der Waals surface area contributed by atoms with Gasteiger partial charge >= 0.3 is 5.69 Å². The quantitative estimate of drug-likeness (QED) is 0.716. The van der Waals surface area contributed by atoms with Gasteiger partial charge < -0.3 is 16.5 Å². The zero-order valence-corrected chi connectivity index (χ0v) is 18.1. The Labute approximate surface area is 174 Å². The second-order valence-electron chi connectivity index (χ2n) is 9.11. The van der Waals surface area contributed by atoms with Crippen molar-refractivity contribution in [2.75, 3.05) is 23.8 Å². The maximum atomic E-state index is 15.2. The van der Waals surface area contributed by atoms with Gasteiger partial charge in [0.25, 0.3) is 5.56 Å². The van der Waals surface area contributed by atoms with E-state index in [0.717, 1.165) is 12.8 Å². The van der Waals surface area contributed by atoms with Crippen molar-refractivity contribution in [2.45, 2.75) is 52.6 Å². The van der Waals surface area contributed by atoms with Crippen LogP contribution in [0.4, 0.5) is 10.1 Å². The molecular formula is C20H29ClFN5O2. The minimum Gasteiger partial charge on any atom is -0.367 e. The van der Waals surface area contributed by atoms with Crippen LogP contribution in [0.25, 0.3) is 10.9 Å². The van der Waals surface area contributed by atoms with E-state index in [9.17, 15) is 9.59 Å². The van der Waals surface area contributed by atoms with Crippen molar-refractivity contribution in [2.24, 2.45) is 17.1 Å². The molecular weight excluding hydrogens is 397 g/mol. The zero-order chi connectivity index (χ0) is 20.5. The number of anilines is 1. The van der Waals surface area contributed by atoms with E-state index in [1.54, 1.807) is 11.5 Å².